The number of alkyl halides is 2. The molecule has 5 heteroatoms. The van der Waals surface area contributed by atoms with Crippen molar-refractivity contribution in [3.63, 3.8) is 0 Å². The highest BCUT2D eigenvalue weighted by Gasteiger charge is 2.42. The minimum Gasteiger partial charge on any atom is -0.301 e. The number of nitrogens with zero attached hydrogens (tertiary/aromatic N) is 3. The van der Waals surface area contributed by atoms with Crippen LogP contribution in [0.15, 0.2) is 0 Å². The quantitative estimate of drug-likeness (QED) is 0.436. The smallest absolute Gasteiger partial charge is 0.260 e. The van der Waals surface area contributed by atoms with Gasteiger partial charge in [0, 0.05) is 37.6 Å². The van der Waals surface area contributed by atoms with Gasteiger partial charge in [-0.3, -0.25) is 4.90 Å². The van der Waals surface area contributed by atoms with Crippen LogP contribution in [0.1, 0.15) is 93.4 Å². The molecule has 0 aliphatic carbocycles. The fourth-order valence-corrected chi connectivity index (χ4v) is 6.45. The molecule has 3 fully saturated rings. The summed E-state index contributed by atoms with van der Waals surface area (Å²) in [6.07, 6.45) is 7.39. The van der Waals surface area contributed by atoms with Crippen molar-refractivity contribution in [3.8, 4) is 0 Å². The third-order valence-electron chi connectivity index (χ3n) is 9.04. The van der Waals surface area contributed by atoms with Crippen LogP contribution >= 0.6 is 0 Å². The second-order valence-corrected chi connectivity index (χ2v) is 13.2. The van der Waals surface area contributed by atoms with Gasteiger partial charge in [0.2, 0.25) is 0 Å². The van der Waals surface area contributed by atoms with Crippen molar-refractivity contribution in [1.29, 1.82) is 0 Å². The maximum Gasteiger partial charge on any atom is 0.260 e. The molecule has 3 rings (SSSR count). The molecule has 0 aromatic heterocycles. The number of hydrogen-bond acceptors (Lipinski definition) is 3. The molecule has 3 saturated heterocycles. The summed E-state index contributed by atoms with van der Waals surface area (Å²) < 4.78 is 28.6. The SMILES string of the molecule is CC(C)N1CC(CC(C)N2CCC(C)(CCC(C)N3CCC(C)(C)C3)CC2)CC(F)(F)C1. The Morgan fingerprint density at radius 1 is 0.812 bits per heavy atom. The van der Waals surface area contributed by atoms with Gasteiger partial charge in [0.15, 0.2) is 0 Å². The molecule has 0 bridgehead atoms. The van der Waals surface area contributed by atoms with Crippen LogP contribution in [0.2, 0.25) is 0 Å². The molecular formula is C27H51F2N3. The van der Waals surface area contributed by atoms with Gasteiger partial charge in [-0.05, 0) is 103 Å². The fraction of sp³-hybridized carbons (Fsp3) is 1.00. The van der Waals surface area contributed by atoms with Gasteiger partial charge in [-0.1, -0.05) is 20.8 Å². The maximum absolute atomic E-state index is 14.3. The second-order valence-electron chi connectivity index (χ2n) is 13.2. The van der Waals surface area contributed by atoms with Gasteiger partial charge in [0.25, 0.3) is 5.92 Å². The second kappa shape index (κ2) is 10.2. The molecule has 0 N–H and O–H groups in total. The molecule has 3 heterocycles. The highest BCUT2D eigenvalue weighted by atomic mass is 19.3. The molecule has 3 unspecified atom stereocenters. The third kappa shape index (κ3) is 7.12. The summed E-state index contributed by atoms with van der Waals surface area (Å²) in [6, 6.07) is 1.28. The van der Waals surface area contributed by atoms with Gasteiger partial charge >= 0.3 is 0 Å². The minimum atomic E-state index is -2.53. The van der Waals surface area contributed by atoms with Crippen molar-refractivity contribution < 1.29 is 8.78 Å². The van der Waals surface area contributed by atoms with E-state index < -0.39 is 5.92 Å². The van der Waals surface area contributed by atoms with Crippen molar-refractivity contribution in [3.05, 3.63) is 0 Å². The normalized spacial score (nSPS) is 31.1. The van der Waals surface area contributed by atoms with Gasteiger partial charge in [0.1, 0.15) is 0 Å². The lowest BCUT2D eigenvalue weighted by atomic mass is 9.75. The molecule has 188 valence electrons. The first-order valence-electron chi connectivity index (χ1n) is 13.4. The summed E-state index contributed by atoms with van der Waals surface area (Å²) in [5, 5.41) is 0. The van der Waals surface area contributed by atoms with Crippen LogP contribution in [-0.4, -0.2) is 78.0 Å². The molecule has 3 atom stereocenters. The predicted molar refractivity (Wildman–Crippen MR) is 131 cm³/mol. The Balaban J connectivity index is 1.43. The largest absolute Gasteiger partial charge is 0.301 e. The Bertz CT molecular complexity index is 598. The topological polar surface area (TPSA) is 9.72 Å². The van der Waals surface area contributed by atoms with Crippen molar-refractivity contribution in [2.75, 3.05) is 39.3 Å². The molecule has 0 amide bonds. The van der Waals surface area contributed by atoms with Gasteiger partial charge in [-0.15, -0.1) is 0 Å². The number of likely N-dealkylation sites (tertiary alicyclic amines) is 3. The van der Waals surface area contributed by atoms with E-state index in [1.54, 1.807) is 0 Å². The lowest BCUT2D eigenvalue weighted by molar-refractivity contribution is -0.0964. The van der Waals surface area contributed by atoms with E-state index in [1.165, 1.54) is 45.2 Å². The molecule has 3 aliphatic rings. The molecule has 3 aliphatic heterocycles. The average Bonchev–Trinajstić information content (AvgIpc) is 3.05. The summed E-state index contributed by atoms with van der Waals surface area (Å²) in [7, 11) is 0. The zero-order chi connectivity index (χ0) is 23.7. The van der Waals surface area contributed by atoms with Crippen molar-refractivity contribution in [2.24, 2.45) is 16.7 Å². The monoisotopic (exact) mass is 455 g/mol. The maximum atomic E-state index is 14.3. The van der Waals surface area contributed by atoms with Crippen LogP contribution < -0.4 is 0 Å². The first-order valence-corrected chi connectivity index (χ1v) is 13.4. The van der Waals surface area contributed by atoms with E-state index in [0.29, 0.717) is 22.9 Å². The van der Waals surface area contributed by atoms with Gasteiger partial charge < -0.3 is 9.80 Å². The van der Waals surface area contributed by atoms with E-state index in [-0.39, 0.29) is 24.9 Å². The fourth-order valence-electron chi connectivity index (χ4n) is 6.45. The number of piperidine rings is 2. The molecule has 0 spiro atoms. The van der Waals surface area contributed by atoms with Crippen LogP contribution in [0.4, 0.5) is 8.78 Å². The number of halogens is 2. The standard InChI is InChI=1S/C27H51F2N3/c1-21(2)32-18-24(17-27(28,29)20-32)16-23(4)30-14-11-26(7,12-15-30)9-8-22(3)31-13-10-25(5,6)19-31/h21-24H,8-20H2,1-7H3. The molecule has 32 heavy (non-hydrogen) atoms. The zero-order valence-corrected chi connectivity index (χ0v) is 22.1. The van der Waals surface area contributed by atoms with Gasteiger partial charge in [0.05, 0.1) is 6.54 Å². The first-order chi connectivity index (χ1) is 14.8. The van der Waals surface area contributed by atoms with Crippen LogP contribution in [0.5, 0.6) is 0 Å². The highest BCUT2D eigenvalue weighted by Crippen LogP contribution is 2.39. The highest BCUT2D eigenvalue weighted by molar-refractivity contribution is 4.91. The summed E-state index contributed by atoms with van der Waals surface area (Å²) in [5.41, 5.74) is 0.917. The van der Waals surface area contributed by atoms with Gasteiger partial charge in [-0.25, -0.2) is 8.78 Å². The van der Waals surface area contributed by atoms with Crippen LogP contribution in [-0.2, 0) is 0 Å². The molecule has 0 aromatic rings. The zero-order valence-electron chi connectivity index (χ0n) is 22.1. The van der Waals surface area contributed by atoms with Gasteiger partial charge in [-0.2, -0.15) is 0 Å². The van der Waals surface area contributed by atoms with E-state index in [0.717, 1.165) is 26.1 Å². The van der Waals surface area contributed by atoms with E-state index in [2.05, 4.69) is 44.4 Å². The lowest BCUT2D eigenvalue weighted by Crippen LogP contribution is -2.51. The Morgan fingerprint density at radius 2 is 1.44 bits per heavy atom. The summed E-state index contributed by atoms with van der Waals surface area (Å²) >= 11 is 0. The minimum absolute atomic E-state index is 0.0645. The Labute approximate surface area is 197 Å². The third-order valence-corrected chi connectivity index (χ3v) is 9.04. The van der Waals surface area contributed by atoms with Crippen LogP contribution in [0, 0.1) is 16.7 Å². The summed E-state index contributed by atoms with van der Waals surface area (Å²) in [6.45, 7) is 21.6. The molecular weight excluding hydrogens is 404 g/mol. The first kappa shape index (κ1) is 26.3. The summed E-state index contributed by atoms with van der Waals surface area (Å²) in [4.78, 5) is 7.26. The van der Waals surface area contributed by atoms with Crippen LogP contribution in [0.25, 0.3) is 0 Å². The predicted octanol–water partition coefficient (Wildman–Crippen LogP) is 6.13. The van der Waals surface area contributed by atoms with Crippen LogP contribution in [0.3, 0.4) is 0 Å². The van der Waals surface area contributed by atoms with E-state index in [1.807, 2.05) is 18.7 Å². The van der Waals surface area contributed by atoms with Crippen molar-refractivity contribution in [2.45, 2.75) is 117 Å². The Hall–Kier alpha value is -0.260. The molecule has 0 radical (unpaired) electrons. The van der Waals surface area contributed by atoms with Crippen molar-refractivity contribution >= 4 is 0 Å². The van der Waals surface area contributed by atoms with E-state index in [9.17, 15) is 8.78 Å². The molecule has 0 aromatic carbocycles. The Kier molecular flexibility index (Phi) is 8.36. The van der Waals surface area contributed by atoms with E-state index in [4.69, 9.17) is 0 Å². The molecule has 0 saturated carbocycles. The average molecular weight is 456 g/mol. The molecule has 3 nitrogen and oxygen atoms in total. The summed E-state index contributed by atoms with van der Waals surface area (Å²) in [5.74, 6) is -2.43. The lowest BCUT2D eigenvalue weighted by Gasteiger charge is -2.45. The van der Waals surface area contributed by atoms with E-state index >= 15 is 0 Å². The van der Waals surface area contributed by atoms with Crippen molar-refractivity contribution in [1.82, 2.24) is 14.7 Å². The number of hydrogen-bond donors (Lipinski definition) is 0. The number of rotatable bonds is 8. The Morgan fingerprint density at radius 3 is 2.00 bits per heavy atom.